The Balaban J connectivity index is 1.92. The molecule has 0 aliphatic heterocycles. The molecule has 2 rings (SSSR count). The van der Waals surface area contributed by atoms with Crippen LogP contribution in [0.25, 0.3) is 0 Å². The lowest BCUT2D eigenvalue weighted by Gasteiger charge is -2.21. The van der Waals surface area contributed by atoms with Crippen LogP contribution in [0, 0.1) is 0 Å². The number of nitrogens with one attached hydrogen (secondary N) is 1. The van der Waals surface area contributed by atoms with E-state index in [4.69, 9.17) is 9.47 Å². The quantitative estimate of drug-likeness (QED) is 0.833. The lowest BCUT2D eigenvalue weighted by molar-refractivity contribution is 0.226. The maximum Gasteiger partial charge on any atom is 0.324 e. The number of para-hydroxylation sites is 3. The number of hydrogen-bond acceptors (Lipinski definition) is 3. The van der Waals surface area contributed by atoms with Crippen molar-refractivity contribution < 1.29 is 14.3 Å². The lowest BCUT2D eigenvalue weighted by atomic mass is 10.3. The highest BCUT2D eigenvalue weighted by atomic mass is 16.5. The van der Waals surface area contributed by atoms with Gasteiger partial charge in [0.2, 0.25) is 0 Å². The summed E-state index contributed by atoms with van der Waals surface area (Å²) >= 11 is 0. The summed E-state index contributed by atoms with van der Waals surface area (Å²) in [6.07, 6.45) is 0. The third-order valence-electron chi connectivity index (χ3n) is 3.15. The predicted octanol–water partition coefficient (Wildman–Crippen LogP) is 3.27. The molecule has 0 saturated carbocycles. The van der Waals surface area contributed by atoms with Crippen LogP contribution in [0.4, 0.5) is 10.5 Å². The van der Waals surface area contributed by atoms with Crippen molar-refractivity contribution in [2.24, 2.45) is 0 Å². The molecule has 5 nitrogen and oxygen atoms in total. The van der Waals surface area contributed by atoms with E-state index in [1.54, 1.807) is 24.1 Å². The highest BCUT2D eigenvalue weighted by Crippen LogP contribution is 2.25. The molecule has 0 heterocycles. The summed E-state index contributed by atoms with van der Waals surface area (Å²) in [5, 5.41) is 2.74. The molecule has 5 heteroatoms. The highest BCUT2D eigenvalue weighted by Gasteiger charge is 2.13. The summed E-state index contributed by atoms with van der Waals surface area (Å²) in [7, 11) is 1.58. The van der Waals surface area contributed by atoms with Crippen LogP contribution in [0.5, 0.6) is 11.5 Å². The van der Waals surface area contributed by atoms with Crippen LogP contribution >= 0.6 is 0 Å². The minimum Gasteiger partial charge on any atom is -0.493 e. The van der Waals surface area contributed by atoms with Gasteiger partial charge in [-0.2, -0.15) is 0 Å². The van der Waals surface area contributed by atoms with Gasteiger partial charge in [0.25, 0.3) is 0 Å². The number of rotatable bonds is 6. The van der Waals surface area contributed by atoms with Gasteiger partial charge in [-0.05, 0) is 31.2 Å². The Hall–Kier alpha value is -2.69. The monoisotopic (exact) mass is 300 g/mol. The van der Waals surface area contributed by atoms with Gasteiger partial charge in [0, 0.05) is 12.2 Å². The molecule has 0 saturated heterocycles. The summed E-state index contributed by atoms with van der Waals surface area (Å²) in [6.45, 7) is 2.57. The van der Waals surface area contributed by atoms with E-state index in [1.165, 1.54) is 0 Å². The summed E-state index contributed by atoms with van der Waals surface area (Å²) in [5.41, 5.74) is 0.847. The summed E-state index contributed by atoms with van der Waals surface area (Å²) in [6, 6.07) is 16.6. The van der Waals surface area contributed by atoms with Gasteiger partial charge in [-0.1, -0.05) is 30.3 Å². The van der Waals surface area contributed by atoms with Crippen molar-refractivity contribution >= 4 is 11.7 Å². The number of methoxy groups -OCH3 is 1. The van der Waals surface area contributed by atoms with Crippen LogP contribution < -0.4 is 19.7 Å². The maximum absolute atomic E-state index is 12.2. The fourth-order valence-corrected chi connectivity index (χ4v) is 2.06. The minimum atomic E-state index is -0.205. The molecule has 0 bridgehead atoms. The Bertz CT molecular complexity index is 602. The summed E-state index contributed by atoms with van der Waals surface area (Å²) in [5.74, 6) is 1.22. The molecule has 22 heavy (non-hydrogen) atoms. The van der Waals surface area contributed by atoms with Crippen LogP contribution in [0.1, 0.15) is 6.92 Å². The zero-order chi connectivity index (χ0) is 15.8. The topological polar surface area (TPSA) is 50.8 Å². The fraction of sp³-hybridized carbons (Fsp3) is 0.235. The third kappa shape index (κ3) is 3.91. The number of carbonyl (C=O) groups is 1. The Kier molecular flexibility index (Phi) is 5.65. The number of benzene rings is 2. The zero-order valence-electron chi connectivity index (χ0n) is 12.8. The normalized spacial score (nSPS) is 9.91. The van der Waals surface area contributed by atoms with Gasteiger partial charge in [-0.3, -0.25) is 4.90 Å². The van der Waals surface area contributed by atoms with E-state index in [0.717, 1.165) is 5.69 Å². The number of nitrogens with zero attached hydrogens (tertiary/aromatic N) is 1. The van der Waals surface area contributed by atoms with Gasteiger partial charge < -0.3 is 14.8 Å². The second kappa shape index (κ2) is 7.93. The van der Waals surface area contributed by atoms with E-state index >= 15 is 0 Å². The fourth-order valence-electron chi connectivity index (χ4n) is 2.06. The lowest BCUT2D eigenvalue weighted by Crippen LogP contribution is -2.41. The first-order valence-electron chi connectivity index (χ1n) is 7.12. The van der Waals surface area contributed by atoms with Gasteiger partial charge in [0.15, 0.2) is 18.2 Å². The van der Waals surface area contributed by atoms with E-state index in [1.807, 2.05) is 49.4 Å². The molecule has 0 aliphatic carbocycles. The molecule has 0 spiro atoms. The SMILES string of the molecule is CCN(C(=O)NCOc1ccccc1OC)c1ccccc1. The van der Waals surface area contributed by atoms with Crippen molar-refractivity contribution in [3.05, 3.63) is 54.6 Å². The van der Waals surface area contributed by atoms with Gasteiger partial charge in [0.1, 0.15) is 0 Å². The number of urea groups is 1. The van der Waals surface area contributed by atoms with Crippen LogP contribution in [-0.2, 0) is 0 Å². The zero-order valence-corrected chi connectivity index (χ0v) is 12.8. The van der Waals surface area contributed by atoms with Crippen LogP contribution in [0.15, 0.2) is 54.6 Å². The van der Waals surface area contributed by atoms with Crippen molar-refractivity contribution in [3.63, 3.8) is 0 Å². The molecule has 0 unspecified atom stereocenters. The van der Waals surface area contributed by atoms with E-state index in [9.17, 15) is 4.79 Å². The molecule has 2 aromatic carbocycles. The van der Waals surface area contributed by atoms with Crippen LogP contribution in [-0.4, -0.2) is 26.4 Å². The first-order valence-corrected chi connectivity index (χ1v) is 7.12. The first-order chi connectivity index (χ1) is 10.8. The maximum atomic E-state index is 12.2. The van der Waals surface area contributed by atoms with Crippen molar-refractivity contribution in [1.29, 1.82) is 0 Å². The van der Waals surface area contributed by atoms with E-state index in [0.29, 0.717) is 18.0 Å². The summed E-state index contributed by atoms with van der Waals surface area (Å²) < 4.78 is 10.7. The Morgan fingerprint density at radius 3 is 2.32 bits per heavy atom. The number of carbonyl (C=O) groups excluding carboxylic acids is 1. The van der Waals surface area contributed by atoms with E-state index in [-0.39, 0.29) is 12.8 Å². The van der Waals surface area contributed by atoms with Crippen molar-refractivity contribution in [3.8, 4) is 11.5 Å². The molecule has 0 radical (unpaired) electrons. The Morgan fingerprint density at radius 1 is 1.05 bits per heavy atom. The van der Waals surface area contributed by atoms with Crippen molar-refractivity contribution in [1.82, 2.24) is 5.32 Å². The Morgan fingerprint density at radius 2 is 1.68 bits per heavy atom. The number of anilines is 1. The third-order valence-corrected chi connectivity index (χ3v) is 3.15. The summed E-state index contributed by atoms with van der Waals surface area (Å²) in [4.78, 5) is 13.9. The largest absolute Gasteiger partial charge is 0.493 e. The predicted molar refractivity (Wildman–Crippen MR) is 86.5 cm³/mol. The van der Waals surface area contributed by atoms with Crippen molar-refractivity contribution in [2.75, 3.05) is 25.3 Å². The molecule has 0 atom stereocenters. The van der Waals surface area contributed by atoms with Gasteiger partial charge in [-0.25, -0.2) is 4.79 Å². The van der Waals surface area contributed by atoms with Crippen LogP contribution in [0.3, 0.4) is 0 Å². The number of hydrogen-bond donors (Lipinski definition) is 1. The second-order valence-electron chi connectivity index (χ2n) is 4.50. The first kappa shape index (κ1) is 15.7. The Labute approximate surface area is 130 Å². The highest BCUT2D eigenvalue weighted by molar-refractivity contribution is 5.91. The molecule has 116 valence electrons. The number of amides is 2. The molecule has 0 aliphatic rings. The van der Waals surface area contributed by atoms with Crippen molar-refractivity contribution in [2.45, 2.75) is 6.92 Å². The molecule has 0 fully saturated rings. The molecule has 2 aromatic rings. The second-order valence-corrected chi connectivity index (χ2v) is 4.50. The molecule has 2 amide bonds. The molecular weight excluding hydrogens is 280 g/mol. The number of ether oxygens (including phenoxy) is 2. The van der Waals surface area contributed by atoms with Gasteiger partial charge in [0.05, 0.1) is 7.11 Å². The molecular formula is C17H20N2O3. The molecule has 0 aromatic heterocycles. The smallest absolute Gasteiger partial charge is 0.324 e. The van der Waals surface area contributed by atoms with E-state index in [2.05, 4.69) is 5.32 Å². The van der Waals surface area contributed by atoms with E-state index < -0.39 is 0 Å². The van der Waals surface area contributed by atoms with Crippen LogP contribution in [0.2, 0.25) is 0 Å². The average molecular weight is 300 g/mol. The molecule has 1 N–H and O–H groups in total. The minimum absolute atomic E-state index is 0.0720. The van der Waals surface area contributed by atoms with Gasteiger partial charge >= 0.3 is 6.03 Å². The van der Waals surface area contributed by atoms with Gasteiger partial charge in [-0.15, -0.1) is 0 Å². The standard InChI is InChI=1S/C17H20N2O3/c1-3-19(14-9-5-4-6-10-14)17(20)18-13-22-16-12-8-7-11-15(16)21-2/h4-12H,3,13H2,1-2H3,(H,18,20). The average Bonchev–Trinajstić information content (AvgIpc) is 2.57.